The van der Waals surface area contributed by atoms with E-state index in [4.69, 9.17) is 4.74 Å². The number of carbonyl (C=O) groups excluding carboxylic acids is 1. The summed E-state index contributed by atoms with van der Waals surface area (Å²) in [4.78, 5) is 13.2. The van der Waals surface area contributed by atoms with Gasteiger partial charge in [0.15, 0.2) is 0 Å². The molecule has 1 aromatic carbocycles. The van der Waals surface area contributed by atoms with Crippen molar-refractivity contribution in [3.8, 4) is 5.75 Å². The summed E-state index contributed by atoms with van der Waals surface area (Å²) >= 11 is 4.81. The Bertz CT molecular complexity index is 602. The third kappa shape index (κ3) is 2.49. The van der Waals surface area contributed by atoms with Crippen molar-refractivity contribution in [1.29, 1.82) is 0 Å². The molecule has 1 aromatic heterocycles. The van der Waals surface area contributed by atoms with Gasteiger partial charge in [-0.1, -0.05) is 6.07 Å². The fourth-order valence-electron chi connectivity index (χ4n) is 1.94. The number of aryl methyl sites for hydroxylation is 2. The first kappa shape index (κ1) is 13.3. The Kier molecular flexibility index (Phi) is 3.88. The normalized spacial score (nSPS) is 10.4. The third-order valence-electron chi connectivity index (χ3n) is 2.69. The molecule has 0 aliphatic rings. The van der Waals surface area contributed by atoms with Crippen LogP contribution in [0, 0.1) is 13.8 Å². The van der Waals surface area contributed by atoms with Gasteiger partial charge in [0, 0.05) is 0 Å². The zero-order chi connectivity index (χ0) is 13.3. The molecular weight excluding hydrogens is 312 g/mol. The number of thiophene rings is 1. The van der Waals surface area contributed by atoms with E-state index in [0.29, 0.717) is 16.2 Å². The Balaban J connectivity index is 2.54. The van der Waals surface area contributed by atoms with E-state index in [9.17, 15) is 4.79 Å². The second-order valence-corrected chi connectivity index (χ2v) is 6.55. The standard InChI is InChI=1S/C14H13BrO2S/c1-8-6-9(2)13(10(7-8)17-3)14(16)11-4-5-12(15)18-11/h4-7H,1-3H3. The van der Waals surface area contributed by atoms with Gasteiger partial charge in [0.25, 0.3) is 0 Å². The van der Waals surface area contributed by atoms with E-state index in [1.807, 2.05) is 38.1 Å². The van der Waals surface area contributed by atoms with Crippen LogP contribution in [0.15, 0.2) is 28.1 Å². The van der Waals surface area contributed by atoms with Crippen LogP contribution in [0.4, 0.5) is 0 Å². The lowest BCUT2D eigenvalue weighted by Gasteiger charge is -2.11. The van der Waals surface area contributed by atoms with Crippen molar-refractivity contribution in [2.75, 3.05) is 7.11 Å². The number of ether oxygens (including phenoxy) is 1. The van der Waals surface area contributed by atoms with Crippen LogP contribution in [-0.2, 0) is 0 Å². The van der Waals surface area contributed by atoms with Crippen LogP contribution in [0.3, 0.4) is 0 Å². The second-order valence-electron chi connectivity index (χ2n) is 4.09. The summed E-state index contributed by atoms with van der Waals surface area (Å²) in [6, 6.07) is 7.60. The van der Waals surface area contributed by atoms with Gasteiger partial charge >= 0.3 is 0 Å². The SMILES string of the molecule is COc1cc(C)cc(C)c1C(=O)c1ccc(Br)s1. The Morgan fingerprint density at radius 1 is 1.28 bits per heavy atom. The van der Waals surface area contributed by atoms with Crippen molar-refractivity contribution in [3.05, 3.63) is 49.6 Å². The third-order valence-corrected chi connectivity index (χ3v) is 4.31. The maximum absolute atomic E-state index is 12.5. The lowest BCUT2D eigenvalue weighted by molar-refractivity contribution is 0.103. The summed E-state index contributed by atoms with van der Waals surface area (Å²) in [6.07, 6.45) is 0. The molecule has 0 saturated carbocycles. The van der Waals surface area contributed by atoms with Crippen LogP contribution in [-0.4, -0.2) is 12.9 Å². The quantitative estimate of drug-likeness (QED) is 0.784. The van der Waals surface area contributed by atoms with Crippen LogP contribution in [0.1, 0.15) is 26.4 Å². The molecule has 0 unspecified atom stereocenters. The van der Waals surface area contributed by atoms with Crippen molar-refractivity contribution in [2.45, 2.75) is 13.8 Å². The van der Waals surface area contributed by atoms with Crippen LogP contribution < -0.4 is 4.74 Å². The molecule has 0 N–H and O–H groups in total. The predicted molar refractivity (Wildman–Crippen MR) is 77.9 cm³/mol. The second kappa shape index (κ2) is 5.24. The number of hydrogen-bond donors (Lipinski definition) is 0. The molecule has 0 atom stereocenters. The molecular formula is C14H13BrO2S. The largest absolute Gasteiger partial charge is 0.496 e. The van der Waals surface area contributed by atoms with Crippen molar-refractivity contribution in [2.24, 2.45) is 0 Å². The Morgan fingerprint density at radius 3 is 2.56 bits per heavy atom. The fraction of sp³-hybridized carbons (Fsp3) is 0.214. The topological polar surface area (TPSA) is 26.3 Å². The minimum absolute atomic E-state index is 0.0139. The Hall–Kier alpha value is -1.13. The molecule has 2 aromatic rings. The molecule has 2 nitrogen and oxygen atoms in total. The van der Waals surface area contributed by atoms with Gasteiger partial charge in [-0.15, -0.1) is 11.3 Å². The molecule has 0 saturated heterocycles. The minimum Gasteiger partial charge on any atom is -0.496 e. The monoisotopic (exact) mass is 324 g/mol. The Morgan fingerprint density at radius 2 is 2.00 bits per heavy atom. The molecule has 94 valence electrons. The number of halogens is 1. The molecule has 1 heterocycles. The first-order valence-electron chi connectivity index (χ1n) is 5.48. The van der Waals surface area contributed by atoms with E-state index < -0.39 is 0 Å². The summed E-state index contributed by atoms with van der Waals surface area (Å²) in [5, 5.41) is 0. The molecule has 0 fully saturated rings. The highest BCUT2D eigenvalue weighted by atomic mass is 79.9. The van der Waals surface area contributed by atoms with Gasteiger partial charge in [0.05, 0.1) is 21.3 Å². The molecule has 0 amide bonds. The van der Waals surface area contributed by atoms with Gasteiger partial charge in [-0.2, -0.15) is 0 Å². The van der Waals surface area contributed by atoms with E-state index in [-0.39, 0.29) is 5.78 Å². The minimum atomic E-state index is 0.0139. The summed E-state index contributed by atoms with van der Waals surface area (Å²) in [5.41, 5.74) is 2.69. The molecule has 2 rings (SSSR count). The maximum atomic E-state index is 12.5. The number of rotatable bonds is 3. The van der Waals surface area contributed by atoms with Crippen molar-refractivity contribution >= 4 is 33.0 Å². The predicted octanol–water partition coefficient (Wildman–Crippen LogP) is 4.37. The van der Waals surface area contributed by atoms with Gasteiger partial charge in [0.2, 0.25) is 5.78 Å². The molecule has 0 bridgehead atoms. The van der Waals surface area contributed by atoms with E-state index in [0.717, 1.165) is 14.9 Å². The molecule has 0 aliphatic heterocycles. The van der Waals surface area contributed by atoms with Crippen molar-refractivity contribution in [1.82, 2.24) is 0 Å². The summed E-state index contributed by atoms with van der Waals surface area (Å²) < 4.78 is 6.28. The summed E-state index contributed by atoms with van der Waals surface area (Å²) in [5.74, 6) is 0.655. The first-order chi connectivity index (χ1) is 8.52. The van der Waals surface area contributed by atoms with Gasteiger partial charge in [-0.3, -0.25) is 4.79 Å². The van der Waals surface area contributed by atoms with Crippen molar-refractivity contribution in [3.63, 3.8) is 0 Å². The van der Waals surface area contributed by atoms with Crippen LogP contribution in [0.5, 0.6) is 5.75 Å². The number of ketones is 1. The van der Waals surface area contributed by atoms with E-state index >= 15 is 0 Å². The first-order valence-corrected chi connectivity index (χ1v) is 7.09. The summed E-state index contributed by atoms with van der Waals surface area (Å²) in [6.45, 7) is 3.93. The zero-order valence-corrected chi connectivity index (χ0v) is 12.8. The number of benzene rings is 1. The van der Waals surface area contributed by atoms with Crippen LogP contribution >= 0.6 is 27.3 Å². The van der Waals surface area contributed by atoms with E-state index in [1.54, 1.807) is 7.11 Å². The average molecular weight is 325 g/mol. The van der Waals surface area contributed by atoms with E-state index in [2.05, 4.69) is 15.9 Å². The van der Waals surface area contributed by atoms with E-state index in [1.165, 1.54) is 11.3 Å². The van der Waals surface area contributed by atoms with Crippen LogP contribution in [0.2, 0.25) is 0 Å². The van der Waals surface area contributed by atoms with Gasteiger partial charge in [-0.05, 0) is 59.1 Å². The lowest BCUT2D eigenvalue weighted by atomic mass is 10.00. The maximum Gasteiger partial charge on any atom is 0.206 e. The number of hydrogen-bond acceptors (Lipinski definition) is 3. The molecule has 0 radical (unpaired) electrons. The van der Waals surface area contributed by atoms with Crippen molar-refractivity contribution < 1.29 is 9.53 Å². The molecule has 0 spiro atoms. The van der Waals surface area contributed by atoms with Crippen LogP contribution in [0.25, 0.3) is 0 Å². The number of carbonyl (C=O) groups is 1. The molecule has 4 heteroatoms. The smallest absolute Gasteiger partial charge is 0.206 e. The molecule has 0 aliphatic carbocycles. The van der Waals surface area contributed by atoms with Gasteiger partial charge in [0.1, 0.15) is 5.75 Å². The van der Waals surface area contributed by atoms with Gasteiger partial charge in [-0.25, -0.2) is 0 Å². The zero-order valence-electron chi connectivity index (χ0n) is 10.4. The average Bonchev–Trinajstić information content (AvgIpc) is 2.74. The lowest BCUT2D eigenvalue weighted by Crippen LogP contribution is -2.05. The summed E-state index contributed by atoms with van der Waals surface area (Å²) in [7, 11) is 1.59. The molecule has 18 heavy (non-hydrogen) atoms. The Labute approximate surface area is 119 Å². The number of methoxy groups -OCH3 is 1. The highest BCUT2D eigenvalue weighted by molar-refractivity contribution is 9.11. The van der Waals surface area contributed by atoms with Gasteiger partial charge < -0.3 is 4.74 Å². The highest BCUT2D eigenvalue weighted by Crippen LogP contribution is 2.30. The fourth-order valence-corrected chi connectivity index (χ4v) is 3.27. The highest BCUT2D eigenvalue weighted by Gasteiger charge is 2.19.